The topological polar surface area (TPSA) is 55.6 Å². The van der Waals surface area contributed by atoms with Gasteiger partial charge in [0.15, 0.2) is 6.23 Å². The van der Waals surface area contributed by atoms with Crippen LogP contribution in [0, 0.1) is 0 Å². The molecule has 1 aliphatic heterocycles. The summed E-state index contributed by atoms with van der Waals surface area (Å²) in [6.07, 6.45) is 1.84. The number of nitrogens with zero attached hydrogens (tertiary/aromatic N) is 1. The van der Waals surface area contributed by atoms with Gasteiger partial charge in [0.25, 0.3) is 0 Å². The van der Waals surface area contributed by atoms with Crippen molar-refractivity contribution in [1.29, 1.82) is 0 Å². The number of amides is 1. The number of benzene rings is 1. The number of para-hydroxylation sites is 2. The molecule has 86 valence electrons. The van der Waals surface area contributed by atoms with Crippen molar-refractivity contribution in [3.05, 3.63) is 24.3 Å². The van der Waals surface area contributed by atoms with Crippen molar-refractivity contribution in [3.63, 3.8) is 0 Å². The van der Waals surface area contributed by atoms with Gasteiger partial charge in [0.1, 0.15) is 12.3 Å². The SMILES string of the molecule is CCCC1Oc2ccccc2N1CC(N)=O. The van der Waals surface area contributed by atoms with E-state index in [4.69, 9.17) is 10.5 Å². The van der Waals surface area contributed by atoms with Crippen LogP contribution in [0.2, 0.25) is 0 Å². The van der Waals surface area contributed by atoms with Crippen molar-refractivity contribution in [2.45, 2.75) is 26.0 Å². The van der Waals surface area contributed by atoms with Gasteiger partial charge in [-0.3, -0.25) is 4.79 Å². The number of ether oxygens (including phenoxy) is 1. The van der Waals surface area contributed by atoms with Crippen LogP contribution >= 0.6 is 0 Å². The molecule has 1 aliphatic rings. The van der Waals surface area contributed by atoms with Gasteiger partial charge in [0.05, 0.1) is 5.69 Å². The average molecular weight is 220 g/mol. The number of carbonyl (C=O) groups excluding carboxylic acids is 1. The van der Waals surface area contributed by atoms with Gasteiger partial charge in [-0.1, -0.05) is 25.5 Å². The third kappa shape index (κ3) is 1.96. The number of nitrogens with two attached hydrogens (primary N) is 1. The fourth-order valence-corrected chi connectivity index (χ4v) is 1.98. The van der Waals surface area contributed by atoms with Gasteiger partial charge in [0.2, 0.25) is 5.91 Å². The van der Waals surface area contributed by atoms with E-state index >= 15 is 0 Å². The fraction of sp³-hybridized carbons (Fsp3) is 0.417. The number of rotatable bonds is 4. The zero-order valence-electron chi connectivity index (χ0n) is 9.35. The maximum absolute atomic E-state index is 11.0. The van der Waals surface area contributed by atoms with Gasteiger partial charge < -0.3 is 15.4 Å². The number of fused-ring (bicyclic) bond motifs is 1. The molecule has 1 heterocycles. The monoisotopic (exact) mass is 220 g/mol. The Morgan fingerprint density at radius 3 is 2.94 bits per heavy atom. The van der Waals surface area contributed by atoms with Crippen molar-refractivity contribution in [2.75, 3.05) is 11.4 Å². The van der Waals surface area contributed by atoms with Crippen LogP contribution in [-0.2, 0) is 4.79 Å². The predicted molar refractivity (Wildman–Crippen MR) is 62.3 cm³/mol. The Kier molecular flexibility index (Phi) is 2.99. The van der Waals surface area contributed by atoms with Crippen LogP contribution in [0.1, 0.15) is 19.8 Å². The molecule has 0 saturated carbocycles. The van der Waals surface area contributed by atoms with E-state index < -0.39 is 0 Å². The summed E-state index contributed by atoms with van der Waals surface area (Å²) in [4.78, 5) is 13.0. The summed E-state index contributed by atoms with van der Waals surface area (Å²) >= 11 is 0. The largest absolute Gasteiger partial charge is 0.468 e. The quantitative estimate of drug-likeness (QED) is 0.836. The molecule has 2 N–H and O–H groups in total. The summed E-state index contributed by atoms with van der Waals surface area (Å²) < 4.78 is 5.78. The van der Waals surface area contributed by atoms with Gasteiger partial charge in [0, 0.05) is 6.42 Å². The van der Waals surface area contributed by atoms with Crippen molar-refractivity contribution in [3.8, 4) is 5.75 Å². The Morgan fingerprint density at radius 2 is 2.25 bits per heavy atom. The summed E-state index contributed by atoms with van der Waals surface area (Å²) in [5, 5.41) is 0. The van der Waals surface area contributed by atoms with Crippen LogP contribution in [0.4, 0.5) is 5.69 Å². The second-order valence-electron chi connectivity index (χ2n) is 3.92. The van der Waals surface area contributed by atoms with E-state index in [2.05, 4.69) is 6.92 Å². The van der Waals surface area contributed by atoms with Crippen LogP contribution < -0.4 is 15.4 Å². The molecule has 1 aromatic carbocycles. The molecule has 1 amide bonds. The van der Waals surface area contributed by atoms with Crippen molar-refractivity contribution < 1.29 is 9.53 Å². The third-order valence-corrected chi connectivity index (χ3v) is 2.65. The van der Waals surface area contributed by atoms with Gasteiger partial charge >= 0.3 is 0 Å². The lowest BCUT2D eigenvalue weighted by Gasteiger charge is -2.23. The standard InChI is InChI=1S/C12H16N2O2/c1-2-5-12-14(8-11(13)15)9-6-3-4-7-10(9)16-12/h3-4,6-7,12H,2,5,8H2,1H3,(H2,13,15). The third-order valence-electron chi connectivity index (χ3n) is 2.65. The minimum atomic E-state index is -0.332. The molecule has 1 atom stereocenters. The summed E-state index contributed by atoms with van der Waals surface area (Å²) in [6, 6.07) is 7.73. The molecule has 16 heavy (non-hydrogen) atoms. The van der Waals surface area contributed by atoms with E-state index in [1.807, 2.05) is 29.2 Å². The smallest absolute Gasteiger partial charge is 0.237 e. The van der Waals surface area contributed by atoms with Crippen LogP contribution in [0.5, 0.6) is 5.75 Å². The van der Waals surface area contributed by atoms with Crippen LogP contribution in [-0.4, -0.2) is 18.7 Å². The molecule has 0 aliphatic carbocycles. The normalized spacial score (nSPS) is 18.1. The van der Waals surface area contributed by atoms with Gasteiger partial charge in [-0.15, -0.1) is 0 Å². The molecule has 0 bridgehead atoms. The highest BCUT2D eigenvalue weighted by atomic mass is 16.5. The number of hydrogen-bond donors (Lipinski definition) is 1. The second-order valence-corrected chi connectivity index (χ2v) is 3.92. The van der Waals surface area contributed by atoms with Gasteiger partial charge in [-0.25, -0.2) is 0 Å². The lowest BCUT2D eigenvalue weighted by Crippen LogP contribution is -2.40. The molecule has 4 heteroatoms. The molecule has 1 aromatic rings. The molecule has 0 aromatic heterocycles. The number of carbonyl (C=O) groups is 1. The highest BCUT2D eigenvalue weighted by Crippen LogP contribution is 2.37. The Morgan fingerprint density at radius 1 is 1.50 bits per heavy atom. The zero-order chi connectivity index (χ0) is 11.5. The molecular formula is C12H16N2O2. The average Bonchev–Trinajstić information content (AvgIpc) is 2.57. The van der Waals surface area contributed by atoms with E-state index in [0.29, 0.717) is 0 Å². The Hall–Kier alpha value is -1.71. The van der Waals surface area contributed by atoms with Crippen LogP contribution in [0.3, 0.4) is 0 Å². The molecule has 0 saturated heterocycles. The van der Waals surface area contributed by atoms with Crippen LogP contribution in [0.15, 0.2) is 24.3 Å². The van der Waals surface area contributed by atoms with Crippen molar-refractivity contribution >= 4 is 11.6 Å². The Labute approximate surface area is 95.0 Å². The minimum Gasteiger partial charge on any atom is -0.468 e. The van der Waals surface area contributed by atoms with E-state index in [0.717, 1.165) is 24.3 Å². The summed E-state index contributed by atoms with van der Waals surface area (Å²) in [5.74, 6) is 0.503. The Bertz CT molecular complexity index is 392. The van der Waals surface area contributed by atoms with E-state index in [1.54, 1.807) is 0 Å². The van der Waals surface area contributed by atoms with Crippen LogP contribution in [0.25, 0.3) is 0 Å². The second kappa shape index (κ2) is 4.43. The first-order valence-corrected chi connectivity index (χ1v) is 5.53. The first-order chi connectivity index (χ1) is 7.72. The lowest BCUT2D eigenvalue weighted by molar-refractivity contribution is -0.117. The molecule has 2 rings (SSSR count). The molecule has 1 unspecified atom stereocenters. The first kappa shape index (κ1) is 10.8. The van der Waals surface area contributed by atoms with Gasteiger partial charge in [-0.05, 0) is 12.1 Å². The lowest BCUT2D eigenvalue weighted by atomic mass is 10.2. The van der Waals surface area contributed by atoms with Gasteiger partial charge in [-0.2, -0.15) is 0 Å². The first-order valence-electron chi connectivity index (χ1n) is 5.53. The van der Waals surface area contributed by atoms with Crippen molar-refractivity contribution in [2.24, 2.45) is 5.73 Å². The van der Waals surface area contributed by atoms with E-state index in [9.17, 15) is 4.79 Å². The maximum atomic E-state index is 11.0. The highest BCUT2D eigenvalue weighted by molar-refractivity contribution is 5.81. The summed E-state index contributed by atoms with van der Waals surface area (Å²) in [5.41, 5.74) is 6.21. The van der Waals surface area contributed by atoms with E-state index in [-0.39, 0.29) is 18.7 Å². The fourth-order valence-electron chi connectivity index (χ4n) is 1.98. The van der Waals surface area contributed by atoms with Crippen molar-refractivity contribution in [1.82, 2.24) is 0 Å². The summed E-state index contributed by atoms with van der Waals surface area (Å²) in [6.45, 7) is 2.30. The molecule has 0 fully saturated rings. The number of hydrogen-bond acceptors (Lipinski definition) is 3. The molecule has 4 nitrogen and oxygen atoms in total. The number of primary amides is 1. The zero-order valence-corrected chi connectivity index (χ0v) is 9.35. The number of anilines is 1. The highest BCUT2D eigenvalue weighted by Gasteiger charge is 2.30. The Balaban J connectivity index is 2.24. The predicted octanol–water partition coefficient (Wildman–Crippen LogP) is 1.50. The molecule has 0 spiro atoms. The minimum absolute atomic E-state index is 0.0603. The molecule has 0 radical (unpaired) electrons. The maximum Gasteiger partial charge on any atom is 0.237 e. The molecular weight excluding hydrogens is 204 g/mol. The van der Waals surface area contributed by atoms with E-state index in [1.165, 1.54) is 0 Å². The summed E-state index contributed by atoms with van der Waals surface area (Å²) in [7, 11) is 0.